The molecule has 4 aromatic rings. The van der Waals surface area contributed by atoms with Gasteiger partial charge in [0.05, 0.1) is 23.9 Å². The highest BCUT2D eigenvalue weighted by molar-refractivity contribution is 7.25. The summed E-state index contributed by atoms with van der Waals surface area (Å²) in [7, 11) is 3.60. The number of likely N-dealkylation sites (N-methyl/N-ethyl adjacent to an activating group) is 1. The van der Waals surface area contributed by atoms with Crippen LogP contribution < -0.4 is 15.2 Å². The van der Waals surface area contributed by atoms with E-state index in [4.69, 9.17) is 4.74 Å². The van der Waals surface area contributed by atoms with Gasteiger partial charge in [0.15, 0.2) is 0 Å². The van der Waals surface area contributed by atoms with E-state index in [0.29, 0.717) is 16.8 Å². The van der Waals surface area contributed by atoms with E-state index in [1.54, 1.807) is 24.2 Å². The lowest BCUT2D eigenvalue weighted by molar-refractivity contribution is 0.414. The molecule has 0 aliphatic heterocycles. The van der Waals surface area contributed by atoms with Gasteiger partial charge in [-0.25, -0.2) is 9.97 Å². The molecule has 27 heavy (non-hydrogen) atoms. The molecule has 0 unspecified atom stereocenters. The summed E-state index contributed by atoms with van der Waals surface area (Å²) in [5.74, 6) is 0.738. The second-order valence-corrected chi connectivity index (χ2v) is 7.08. The third kappa shape index (κ3) is 2.86. The molecule has 4 rings (SSSR count). The van der Waals surface area contributed by atoms with Crippen LogP contribution in [0.1, 0.15) is 0 Å². The molecule has 0 aliphatic rings. The fourth-order valence-corrected chi connectivity index (χ4v) is 4.12. The highest BCUT2D eigenvalue weighted by Crippen LogP contribution is 2.35. The first-order valence-electron chi connectivity index (χ1n) is 8.39. The van der Waals surface area contributed by atoms with Crippen LogP contribution in [-0.4, -0.2) is 35.2 Å². The zero-order chi connectivity index (χ0) is 19.0. The maximum Gasteiger partial charge on any atom is 0.275 e. The lowest BCUT2D eigenvalue weighted by atomic mass is 10.2. The summed E-state index contributed by atoms with van der Waals surface area (Å²) >= 11 is 1.37. The van der Waals surface area contributed by atoms with Gasteiger partial charge in [-0.15, -0.1) is 17.9 Å². The zero-order valence-electron chi connectivity index (χ0n) is 15.0. The topological polar surface area (TPSA) is 60.2 Å². The predicted molar refractivity (Wildman–Crippen MR) is 111 cm³/mol. The number of thiophene rings is 1. The number of hydrogen-bond donors (Lipinski definition) is 0. The van der Waals surface area contributed by atoms with Crippen LogP contribution in [-0.2, 0) is 0 Å². The molecule has 0 fully saturated rings. The Kier molecular flexibility index (Phi) is 4.37. The average Bonchev–Trinajstić information content (AvgIpc) is 3.08. The van der Waals surface area contributed by atoms with Crippen LogP contribution in [0.3, 0.4) is 0 Å². The Morgan fingerprint density at radius 3 is 2.74 bits per heavy atom. The SMILES string of the molecule is C=CCN(C)c1ccnc2sc3c(=O)n(-c4ccc(OC)cc4)cnc3c12. The highest BCUT2D eigenvalue weighted by atomic mass is 32.1. The smallest absolute Gasteiger partial charge is 0.275 e. The van der Waals surface area contributed by atoms with E-state index in [-0.39, 0.29) is 5.56 Å². The van der Waals surface area contributed by atoms with Gasteiger partial charge in [-0.05, 0) is 30.3 Å². The van der Waals surface area contributed by atoms with Crippen molar-refractivity contribution in [1.29, 1.82) is 0 Å². The van der Waals surface area contributed by atoms with E-state index < -0.39 is 0 Å². The lowest BCUT2D eigenvalue weighted by Crippen LogP contribution is -2.18. The van der Waals surface area contributed by atoms with E-state index in [0.717, 1.165) is 27.3 Å². The third-order valence-corrected chi connectivity index (χ3v) is 5.50. The summed E-state index contributed by atoms with van der Waals surface area (Å²) in [6, 6.07) is 9.25. The van der Waals surface area contributed by atoms with Gasteiger partial charge in [0, 0.05) is 19.8 Å². The van der Waals surface area contributed by atoms with Crippen molar-refractivity contribution in [2.75, 3.05) is 25.6 Å². The van der Waals surface area contributed by atoms with Gasteiger partial charge in [-0.2, -0.15) is 0 Å². The highest BCUT2D eigenvalue weighted by Gasteiger charge is 2.17. The van der Waals surface area contributed by atoms with Crippen molar-refractivity contribution in [3.05, 3.63) is 65.9 Å². The van der Waals surface area contributed by atoms with Crippen LogP contribution in [0.25, 0.3) is 26.1 Å². The number of pyridine rings is 1. The Bertz CT molecular complexity index is 1190. The van der Waals surface area contributed by atoms with E-state index in [9.17, 15) is 4.79 Å². The number of ether oxygens (including phenoxy) is 1. The van der Waals surface area contributed by atoms with Crippen LogP contribution in [0.4, 0.5) is 5.69 Å². The molecule has 1 aromatic carbocycles. The molecule has 0 radical (unpaired) electrons. The standard InChI is InChI=1S/C20H18N4O2S/c1-4-11-23(2)15-9-10-21-19-16(15)17-18(27-19)20(25)24(12-22-17)13-5-7-14(26-3)8-6-13/h4-10,12H,1,11H2,2-3H3. The van der Waals surface area contributed by atoms with E-state index in [1.165, 1.54) is 11.3 Å². The summed E-state index contributed by atoms with van der Waals surface area (Å²) in [5.41, 5.74) is 2.30. The summed E-state index contributed by atoms with van der Waals surface area (Å²) in [6.45, 7) is 4.49. The van der Waals surface area contributed by atoms with Gasteiger partial charge in [0.1, 0.15) is 27.1 Å². The Balaban J connectivity index is 1.93. The molecule has 0 N–H and O–H groups in total. The second kappa shape index (κ2) is 6.85. The summed E-state index contributed by atoms with van der Waals surface area (Å²) in [5, 5.41) is 0.904. The molecule has 0 saturated heterocycles. The molecular formula is C20H18N4O2S. The minimum absolute atomic E-state index is 0.106. The number of rotatable bonds is 5. The van der Waals surface area contributed by atoms with Crippen molar-refractivity contribution in [2.24, 2.45) is 0 Å². The van der Waals surface area contributed by atoms with E-state index >= 15 is 0 Å². The number of fused-ring (bicyclic) bond motifs is 3. The molecule has 3 heterocycles. The number of anilines is 1. The number of hydrogen-bond acceptors (Lipinski definition) is 6. The molecule has 136 valence electrons. The van der Waals surface area contributed by atoms with Crippen molar-refractivity contribution in [3.8, 4) is 11.4 Å². The van der Waals surface area contributed by atoms with Gasteiger partial charge in [-0.3, -0.25) is 9.36 Å². The Hall–Kier alpha value is -3.19. The van der Waals surface area contributed by atoms with E-state index in [1.807, 2.05) is 43.5 Å². The van der Waals surface area contributed by atoms with Crippen molar-refractivity contribution < 1.29 is 4.74 Å². The van der Waals surface area contributed by atoms with Gasteiger partial charge >= 0.3 is 0 Å². The lowest BCUT2D eigenvalue weighted by Gasteiger charge is -2.17. The summed E-state index contributed by atoms with van der Waals surface area (Å²) in [6.07, 6.45) is 5.17. The quantitative estimate of drug-likeness (QED) is 0.496. The van der Waals surface area contributed by atoms with Gasteiger partial charge < -0.3 is 9.64 Å². The maximum absolute atomic E-state index is 13.1. The largest absolute Gasteiger partial charge is 0.497 e. The molecule has 0 spiro atoms. The Labute approximate surface area is 160 Å². The van der Waals surface area contributed by atoms with E-state index in [2.05, 4.69) is 21.4 Å². The Morgan fingerprint density at radius 1 is 1.26 bits per heavy atom. The van der Waals surface area contributed by atoms with Crippen LogP contribution in [0.2, 0.25) is 0 Å². The third-order valence-electron chi connectivity index (χ3n) is 4.42. The number of nitrogens with zero attached hydrogens (tertiary/aromatic N) is 4. The first-order valence-corrected chi connectivity index (χ1v) is 9.21. The molecular weight excluding hydrogens is 360 g/mol. The Morgan fingerprint density at radius 2 is 2.04 bits per heavy atom. The first kappa shape index (κ1) is 17.2. The molecule has 0 aliphatic carbocycles. The van der Waals surface area contributed by atoms with Crippen LogP contribution >= 0.6 is 11.3 Å². The fourth-order valence-electron chi connectivity index (χ4n) is 3.07. The van der Waals surface area contributed by atoms with Crippen molar-refractivity contribution in [1.82, 2.24) is 14.5 Å². The monoisotopic (exact) mass is 378 g/mol. The fraction of sp³-hybridized carbons (Fsp3) is 0.150. The van der Waals surface area contributed by atoms with Crippen molar-refractivity contribution in [2.45, 2.75) is 0 Å². The van der Waals surface area contributed by atoms with Gasteiger partial charge in [0.25, 0.3) is 5.56 Å². The number of aromatic nitrogens is 3. The molecule has 7 heteroatoms. The minimum atomic E-state index is -0.106. The molecule has 0 amide bonds. The second-order valence-electron chi connectivity index (χ2n) is 6.08. The number of methoxy groups -OCH3 is 1. The molecule has 0 atom stereocenters. The average molecular weight is 378 g/mol. The van der Waals surface area contributed by atoms with Crippen LogP contribution in [0, 0.1) is 0 Å². The van der Waals surface area contributed by atoms with Crippen LogP contribution in [0.5, 0.6) is 5.75 Å². The minimum Gasteiger partial charge on any atom is -0.497 e. The van der Waals surface area contributed by atoms with Gasteiger partial charge in [-0.1, -0.05) is 6.08 Å². The van der Waals surface area contributed by atoms with Crippen LogP contribution in [0.15, 0.2) is 60.3 Å². The van der Waals surface area contributed by atoms with Crippen molar-refractivity contribution >= 4 is 37.5 Å². The normalized spacial score (nSPS) is 11.0. The molecule has 0 saturated carbocycles. The molecule has 6 nitrogen and oxygen atoms in total. The molecule has 3 aromatic heterocycles. The summed E-state index contributed by atoms with van der Waals surface area (Å²) in [4.78, 5) is 25.0. The first-order chi connectivity index (χ1) is 13.1. The number of benzene rings is 1. The predicted octanol–water partition coefficient (Wildman–Crippen LogP) is 3.63. The molecule has 0 bridgehead atoms. The summed E-state index contributed by atoms with van der Waals surface area (Å²) < 4.78 is 7.32. The zero-order valence-corrected chi connectivity index (χ0v) is 15.9. The van der Waals surface area contributed by atoms with Gasteiger partial charge in [0.2, 0.25) is 0 Å². The maximum atomic E-state index is 13.1. The van der Waals surface area contributed by atoms with Crippen molar-refractivity contribution in [3.63, 3.8) is 0 Å².